The lowest BCUT2D eigenvalue weighted by Crippen LogP contribution is -2.45. The second-order valence-electron chi connectivity index (χ2n) is 6.62. The Kier molecular flexibility index (Phi) is 9.00. The maximum absolute atomic E-state index is 12.2. The average molecular weight is 421 g/mol. The molecule has 10 heteroatoms. The maximum atomic E-state index is 12.2. The van der Waals surface area contributed by atoms with Crippen LogP contribution in [0.25, 0.3) is 0 Å². The first-order valence-electron chi connectivity index (χ1n) is 9.07. The number of aliphatic hydroxyl groups is 1. The molecule has 0 aliphatic rings. The number of hydrogen-bond donors (Lipinski definition) is 3. The first-order chi connectivity index (χ1) is 14.1. The number of rotatable bonds is 5. The fourth-order valence-electron chi connectivity index (χ4n) is 2.46. The van der Waals surface area contributed by atoms with Crippen LogP contribution in [0.4, 0.5) is 4.79 Å². The van der Waals surface area contributed by atoms with Gasteiger partial charge >= 0.3 is 12.1 Å². The number of aromatic hydroxyl groups is 1. The van der Waals surface area contributed by atoms with Crippen molar-refractivity contribution in [1.29, 1.82) is 0 Å². The number of amides is 1. The first kappa shape index (κ1) is 24.6. The van der Waals surface area contributed by atoms with Gasteiger partial charge in [-0.3, -0.25) is 9.36 Å². The van der Waals surface area contributed by atoms with E-state index in [1.807, 2.05) is 30.3 Å². The minimum Gasteiger partial charge on any atom is -0.501 e. The molecule has 2 aromatic rings. The van der Waals surface area contributed by atoms with E-state index in [4.69, 9.17) is 9.84 Å². The fraction of sp³-hybridized carbons (Fsp3) is 0.400. The van der Waals surface area contributed by atoms with Gasteiger partial charge in [0.25, 0.3) is 5.56 Å². The number of hydrogen-bond acceptors (Lipinski definition) is 8. The van der Waals surface area contributed by atoms with Gasteiger partial charge in [-0.15, -0.1) is 0 Å². The number of methoxy groups -OCH3 is 1. The predicted octanol–water partition coefficient (Wildman–Crippen LogP) is 1.43. The van der Waals surface area contributed by atoms with E-state index in [1.54, 1.807) is 20.8 Å². The molecule has 0 saturated heterocycles. The van der Waals surface area contributed by atoms with Crippen LogP contribution in [0.15, 0.2) is 35.1 Å². The third kappa shape index (κ3) is 6.31. The molecule has 1 amide bonds. The zero-order valence-electron chi connectivity index (χ0n) is 17.6. The number of ether oxygens (including phenoxy) is 2. The van der Waals surface area contributed by atoms with Crippen molar-refractivity contribution in [3.8, 4) is 5.75 Å². The summed E-state index contributed by atoms with van der Waals surface area (Å²) >= 11 is 0. The van der Waals surface area contributed by atoms with Crippen LogP contribution in [-0.4, -0.2) is 45.5 Å². The van der Waals surface area contributed by atoms with Crippen molar-refractivity contribution in [2.45, 2.75) is 32.9 Å². The Labute approximate surface area is 174 Å². The number of aromatic nitrogens is 2. The van der Waals surface area contributed by atoms with Gasteiger partial charge in [-0.2, -0.15) is 0 Å². The van der Waals surface area contributed by atoms with Gasteiger partial charge in [-0.05, 0) is 26.3 Å². The van der Waals surface area contributed by atoms with Gasteiger partial charge in [0.2, 0.25) is 5.75 Å². The van der Waals surface area contributed by atoms with E-state index in [-0.39, 0.29) is 19.0 Å². The number of alkyl carbamates (subject to hydrolysis) is 1. The van der Waals surface area contributed by atoms with Gasteiger partial charge in [0, 0.05) is 13.7 Å². The third-order valence-electron chi connectivity index (χ3n) is 3.83. The molecule has 0 bridgehead atoms. The van der Waals surface area contributed by atoms with Crippen LogP contribution < -0.4 is 10.9 Å². The normalized spacial score (nSPS) is 10.5. The van der Waals surface area contributed by atoms with Gasteiger partial charge in [0.05, 0.1) is 12.6 Å². The Morgan fingerprint density at radius 3 is 2.33 bits per heavy atom. The number of esters is 1. The summed E-state index contributed by atoms with van der Waals surface area (Å²) in [7, 11) is 2.47. The largest absolute Gasteiger partial charge is 0.501 e. The smallest absolute Gasteiger partial charge is 0.408 e. The highest BCUT2D eigenvalue weighted by Gasteiger charge is 2.31. The van der Waals surface area contributed by atoms with Crippen LogP contribution in [0.2, 0.25) is 0 Å². The van der Waals surface area contributed by atoms with Crippen molar-refractivity contribution in [3.05, 3.63) is 57.8 Å². The number of carbonyl (C=O) groups is 2. The number of nitrogens with zero attached hydrogens (tertiary/aromatic N) is 2. The van der Waals surface area contributed by atoms with E-state index < -0.39 is 34.6 Å². The summed E-state index contributed by atoms with van der Waals surface area (Å²) in [5.41, 5.74) is -1.73. The average Bonchev–Trinajstić information content (AvgIpc) is 2.71. The SMILES string of the molecule is CCO.COC(=O)c1nc(C(C)(C)NC(=O)OCc2ccccc2)n(C)c(=O)c1O. The molecule has 0 atom stereocenters. The molecule has 10 nitrogen and oxygen atoms in total. The van der Waals surface area contributed by atoms with Crippen LogP contribution >= 0.6 is 0 Å². The van der Waals surface area contributed by atoms with Crippen molar-refractivity contribution in [1.82, 2.24) is 14.9 Å². The number of carbonyl (C=O) groups excluding carboxylic acids is 2. The lowest BCUT2D eigenvalue weighted by atomic mass is 10.0. The molecule has 2 rings (SSSR count). The van der Waals surface area contributed by atoms with Crippen LogP contribution in [0.1, 0.15) is 42.6 Å². The molecular weight excluding hydrogens is 394 g/mol. The zero-order valence-corrected chi connectivity index (χ0v) is 17.6. The summed E-state index contributed by atoms with van der Waals surface area (Å²) < 4.78 is 10.7. The summed E-state index contributed by atoms with van der Waals surface area (Å²) in [6.45, 7) is 5.16. The van der Waals surface area contributed by atoms with Gasteiger partial charge in [-0.1, -0.05) is 30.3 Å². The van der Waals surface area contributed by atoms with Crippen LogP contribution in [0.5, 0.6) is 5.75 Å². The molecule has 0 radical (unpaired) electrons. The van der Waals surface area contributed by atoms with Gasteiger partial charge in [-0.25, -0.2) is 14.6 Å². The van der Waals surface area contributed by atoms with Gasteiger partial charge in [0.1, 0.15) is 12.4 Å². The molecule has 1 heterocycles. The molecule has 0 spiro atoms. The Balaban J connectivity index is 0.00000141. The third-order valence-corrected chi connectivity index (χ3v) is 3.83. The topological polar surface area (TPSA) is 140 Å². The van der Waals surface area contributed by atoms with E-state index in [2.05, 4.69) is 15.0 Å². The van der Waals surface area contributed by atoms with Crippen molar-refractivity contribution < 1.29 is 29.3 Å². The molecule has 30 heavy (non-hydrogen) atoms. The van der Waals surface area contributed by atoms with Crippen LogP contribution in [-0.2, 0) is 28.7 Å². The van der Waals surface area contributed by atoms with E-state index in [9.17, 15) is 19.5 Å². The first-order valence-corrected chi connectivity index (χ1v) is 9.07. The van der Waals surface area contributed by atoms with Gasteiger partial charge in [0.15, 0.2) is 5.69 Å². The standard InChI is InChI=1S/C18H21N3O6.C2H6O/c1-18(2,20-17(25)27-10-11-8-6-5-7-9-11)16-19-12(15(24)26-4)13(22)14(23)21(16)3;1-2-3/h5-9,22H,10H2,1-4H3,(H,20,25);3H,2H2,1H3. The second-order valence-corrected chi connectivity index (χ2v) is 6.62. The summed E-state index contributed by atoms with van der Waals surface area (Å²) in [5.74, 6) is -1.74. The molecule has 0 aliphatic heterocycles. The quantitative estimate of drug-likeness (QED) is 0.616. The molecule has 1 aromatic heterocycles. The number of nitrogens with one attached hydrogen (secondary N) is 1. The molecule has 164 valence electrons. The second kappa shape index (κ2) is 11.0. The number of benzene rings is 1. The highest BCUT2D eigenvalue weighted by Crippen LogP contribution is 2.20. The minimum atomic E-state index is -1.18. The van der Waals surface area contributed by atoms with Gasteiger partial charge < -0.3 is 25.0 Å². The minimum absolute atomic E-state index is 0.0439. The summed E-state index contributed by atoms with van der Waals surface area (Å²) in [4.78, 5) is 40.1. The molecule has 1 aromatic carbocycles. The Bertz CT molecular complexity index is 924. The van der Waals surface area contributed by atoms with E-state index in [0.717, 1.165) is 17.2 Å². The summed E-state index contributed by atoms with van der Waals surface area (Å²) in [6, 6.07) is 9.12. The van der Waals surface area contributed by atoms with Crippen molar-refractivity contribution in [2.75, 3.05) is 13.7 Å². The van der Waals surface area contributed by atoms with E-state index in [1.165, 1.54) is 7.05 Å². The van der Waals surface area contributed by atoms with Crippen LogP contribution in [0, 0.1) is 0 Å². The van der Waals surface area contributed by atoms with Crippen LogP contribution in [0.3, 0.4) is 0 Å². The molecule has 0 aliphatic carbocycles. The molecule has 0 saturated carbocycles. The predicted molar refractivity (Wildman–Crippen MR) is 108 cm³/mol. The molecular formula is C20H27N3O7. The van der Waals surface area contributed by atoms with Crippen molar-refractivity contribution in [2.24, 2.45) is 7.05 Å². The Hall–Kier alpha value is -3.40. The molecule has 0 unspecified atom stereocenters. The lowest BCUT2D eigenvalue weighted by molar-refractivity contribution is 0.0588. The van der Waals surface area contributed by atoms with Crippen molar-refractivity contribution in [3.63, 3.8) is 0 Å². The highest BCUT2D eigenvalue weighted by molar-refractivity contribution is 5.89. The monoisotopic (exact) mass is 421 g/mol. The Morgan fingerprint density at radius 1 is 1.23 bits per heavy atom. The lowest BCUT2D eigenvalue weighted by Gasteiger charge is -2.27. The number of aliphatic hydroxyl groups excluding tert-OH is 1. The zero-order chi connectivity index (χ0) is 22.9. The van der Waals surface area contributed by atoms with Crippen molar-refractivity contribution >= 4 is 12.1 Å². The molecule has 0 fully saturated rings. The molecule has 3 N–H and O–H groups in total. The summed E-state index contributed by atoms with van der Waals surface area (Å²) in [5, 5.41) is 20.0. The maximum Gasteiger partial charge on any atom is 0.408 e. The fourth-order valence-corrected chi connectivity index (χ4v) is 2.46. The van der Waals surface area contributed by atoms with E-state index >= 15 is 0 Å². The highest BCUT2D eigenvalue weighted by atomic mass is 16.5. The van der Waals surface area contributed by atoms with E-state index in [0.29, 0.717) is 0 Å². The summed E-state index contributed by atoms with van der Waals surface area (Å²) in [6.07, 6.45) is -0.731. The Morgan fingerprint density at radius 2 is 1.80 bits per heavy atom.